The molecule has 1 atom stereocenters. The molecule has 3 heteroatoms. The van der Waals surface area contributed by atoms with Crippen molar-refractivity contribution in [2.75, 3.05) is 7.05 Å². The van der Waals surface area contributed by atoms with Crippen LogP contribution in [-0.4, -0.2) is 17.0 Å². The fourth-order valence-corrected chi connectivity index (χ4v) is 0.864. The van der Waals surface area contributed by atoms with Crippen LogP contribution in [0.5, 0.6) is 0 Å². The summed E-state index contributed by atoms with van der Waals surface area (Å²) in [5, 5.41) is 3.12. The summed E-state index contributed by atoms with van der Waals surface area (Å²) in [7, 11) is 1.92. The van der Waals surface area contributed by atoms with E-state index in [1.807, 2.05) is 20.0 Å². The molecule has 11 heavy (non-hydrogen) atoms. The highest BCUT2D eigenvalue weighted by Gasteiger charge is 2.02. The van der Waals surface area contributed by atoms with Crippen molar-refractivity contribution in [3.8, 4) is 0 Å². The summed E-state index contributed by atoms with van der Waals surface area (Å²) in [6.45, 7) is 3.97. The second-order valence-electron chi connectivity index (χ2n) is 2.54. The van der Waals surface area contributed by atoms with Gasteiger partial charge in [-0.2, -0.15) is 0 Å². The quantitative estimate of drug-likeness (QED) is 0.687. The number of hydrogen-bond donors (Lipinski definition) is 1. The molecule has 0 aliphatic rings. The van der Waals surface area contributed by atoms with Crippen LogP contribution in [0.25, 0.3) is 0 Å². The lowest BCUT2D eigenvalue weighted by atomic mass is 10.2. The SMILES string of the molecule is CN[C@@H](C)c1ccnc(C)n1. The summed E-state index contributed by atoms with van der Waals surface area (Å²) >= 11 is 0. The third-order valence-electron chi connectivity index (χ3n) is 1.67. The molecule has 0 aromatic carbocycles. The van der Waals surface area contributed by atoms with E-state index in [0.29, 0.717) is 6.04 Å². The van der Waals surface area contributed by atoms with Crippen LogP contribution in [0.3, 0.4) is 0 Å². The number of nitrogens with one attached hydrogen (secondary N) is 1. The van der Waals surface area contributed by atoms with Crippen LogP contribution < -0.4 is 5.32 Å². The van der Waals surface area contributed by atoms with Crippen LogP contribution >= 0.6 is 0 Å². The molecule has 1 rings (SSSR count). The molecule has 1 heterocycles. The summed E-state index contributed by atoms with van der Waals surface area (Å²) < 4.78 is 0. The normalized spacial score (nSPS) is 13.0. The first-order valence-corrected chi connectivity index (χ1v) is 3.71. The van der Waals surface area contributed by atoms with Gasteiger partial charge in [0.15, 0.2) is 0 Å². The van der Waals surface area contributed by atoms with Crippen molar-refractivity contribution >= 4 is 0 Å². The number of aryl methyl sites for hydroxylation is 1. The van der Waals surface area contributed by atoms with Crippen molar-refractivity contribution in [3.63, 3.8) is 0 Å². The molecule has 0 aliphatic heterocycles. The van der Waals surface area contributed by atoms with Crippen molar-refractivity contribution in [3.05, 3.63) is 23.8 Å². The van der Waals surface area contributed by atoms with Crippen LogP contribution in [0.4, 0.5) is 0 Å². The maximum atomic E-state index is 4.27. The third-order valence-corrected chi connectivity index (χ3v) is 1.67. The van der Waals surface area contributed by atoms with Gasteiger partial charge in [0.05, 0.1) is 5.69 Å². The van der Waals surface area contributed by atoms with E-state index in [-0.39, 0.29) is 0 Å². The minimum absolute atomic E-state index is 0.302. The van der Waals surface area contributed by atoms with Crippen molar-refractivity contribution in [1.82, 2.24) is 15.3 Å². The van der Waals surface area contributed by atoms with E-state index < -0.39 is 0 Å². The predicted molar refractivity (Wildman–Crippen MR) is 44.2 cm³/mol. The highest BCUT2D eigenvalue weighted by atomic mass is 14.9. The van der Waals surface area contributed by atoms with Gasteiger partial charge in [0.25, 0.3) is 0 Å². The molecule has 3 nitrogen and oxygen atoms in total. The Labute approximate surface area is 66.9 Å². The Bertz CT molecular complexity index is 235. The maximum Gasteiger partial charge on any atom is 0.125 e. The molecule has 1 aromatic heterocycles. The summed E-state index contributed by atoms with van der Waals surface area (Å²) in [6.07, 6.45) is 1.78. The highest BCUT2D eigenvalue weighted by molar-refractivity contribution is 5.05. The number of hydrogen-bond acceptors (Lipinski definition) is 3. The van der Waals surface area contributed by atoms with Gasteiger partial charge in [-0.15, -0.1) is 0 Å². The van der Waals surface area contributed by atoms with Gasteiger partial charge >= 0.3 is 0 Å². The van der Waals surface area contributed by atoms with Gasteiger partial charge in [-0.05, 0) is 27.0 Å². The average Bonchev–Trinajstić information content (AvgIpc) is 2.03. The van der Waals surface area contributed by atoms with Gasteiger partial charge in [-0.25, -0.2) is 9.97 Å². The lowest BCUT2D eigenvalue weighted by molar-refractivity contribution is 0.627. The summed E-state index contributed by atoms with van der Waals surface area (Å²) in [4.78, 5) is 8.29. The van der Waals surface area contributed by atoms with Crippen molar-refractivity contribution < 1.29 is 0 Å². The monoisotopic (exact) mass is 151 g/mol. The minimum Gasteiger partial charge on any atom is -0.312 e. The summed E-state index contributed by atoms with van der Waals surface area (Å²) in [5.74, 6) is 0.824. The molecular formula is C8H13N3. The molecule has 0 radical (unpaired) electrons. The van der Waals surface area contributed by atoms with Gasteiger partial charge in [0, 0.05) is 12.2 Å². The van der Waals surface area contributed by atoms with Crippen LogP contribution in [-0.2, 0) is 0 Å². The second kappa shape index (κ2) is 3.44. The van der Waals surface area contributed by atoms with E-state index in [1.54, 1.807) is 6.20 Å². The number of aromatic nitrogens is 2. The zero-order chi connectivity index (χ0) is 8.27. The van der Waals surface area contributed by atoms with Gasteiger partial charge < -0.3 is 5.32 Å². The van der Waals surface area contributed by atoms with Crippen LogP contribution in [0.15, 0.2) is 12.3 Å². The van der Waals surface area contributed by atoms with E-state index >= 15 is 0 Å². The zero-order valence-electron chi connectivity index (χ0n) is 7.13. The lowest BCUT2D eigenvalue weighted by Gasteiger charge is -2.08. The van der Waals surface area contributed by atoms with Crippen LogP contribution in [0.2, 0.25) is 0 Å². The van der Waals surface area contributed by atoms with E-state index in [4.69, 9.17) is 0 Å². The first-order chi connectivity index (χ1) is 5.24. The topological polar surface area (TPSA) is 37.8 Å². The molecule has 0 unspecified atom stereocenters. The fraction of sp³-hybridized carbons (Fsp3) is 0.500. The standard InChI is InChI=1S/C8H13N3/c1-6(9-3)8-4-5-10-7(2)11-8/h4-6,9H,1-3H3/t6-/m0/s1. The third kappa shape index (κ3) is 1.98. The first kappa shape index (κ1) is 8.14. The van der Waals surface area contributed by atoms with Crippen molar-refractivity contribution in [2.24, 2.45) is 0 Å². The predicted octanol–water partition coefficient (Wildman–Crippen LogP) is 1.07. The maximum absolute atomic E-state index is 4.27. The van der Waals surface area contributed by atoms with E-state index in [0.717, 1.165) is 11.5 Å². The Morgan fingerprint density at radius 2 is 2.27 bits per heavy atom. The fourth-order valence-electron chi connectivity index (χ4n) is 0.864. The molecule has 0 fully saturated rings. The van der Waals surface area contributed by atoms with Gasteiger partial charge in [0.1, 0.15) is 5.82 Å². The molecule has 1 aromatic rings. The Morgan fingerprint density at radius 1 is 1.55 bits per heavy atom. The largest absolute Gasteiger partial charge is 0.312 e. The van der Waals surface area contributed by atoms with Crippen LogP contribution in [0, 0.1) is 6.92 Å². The molecule has 0 bridgehead atoms. The Balaban J connectivity index is 2.86. The smallest absolute Gasteiger partial charge is 0.125 e. The van der Waals surface area contributed by atoms with Crippen molar-refractivity contribution in [1.29, 1.82) is 0 Å². The second-order valence-corrected chi connectivity index (χ2v) is 2.54. The molecule has 60 valence electrons. The van der Waals surface area contributed by atoms with Gasteiger partial charge in [-0.3, -0.25) is 0 Å². The Hall–Kier alpha value is -0.960. The molecule has 0 spiro atoms. The average molecular weight is 151 g/mol. The van der Waals surface area contributed by atoms with Crippen molar-refractivity contribution in [2.45, 2.75) is 19.9 Å². The first-order valence-electron chi connectivity index (χ1n) is 3.71. The number of rotatable bonds is 2. The molecule has 0 amide bonds. The molecule has 0 saturated carbocycles. The molecule has 0 aliphatic carbocycles. The Morgan fingerprint density at radius 3 is 2.82 bits per heavy atom. The summed E-state index contributed by atoms with van der Waals surface area (Å²) in [5.41, 5.74) is 1.04. The zero-order valence-corrected chi connectivity index (χ0v) is 7.13. The molecular weight excluding hydrogens is 138 g/mol. The van der Waals surface area contributed by atoms with E-state index in [9.17, 15) is 0 Å². The summed E-state index contributed by atoms with van der Waals surface area (Å²) in [6, 6.07) is 2.23. The molecule has 1 N–H and O–H groups in total. The van der Waals surface area contributed by atoms with Gasteiger partial charge in [0.2, 0.25) is 0 Å². The highest BCUT2D eigenvalue weighted by Crippen LogP contribution is 2.06. The van der Waals surface area contributed by atoms with Crippen LogP contribution in [0.1, 0.15) is 24.5 Å². The van der Waals surface area contributed by atoms with E-state index in [1.165, 1.54) is 0 Å². The van der Waals surface area contributed by atoms with E-state index in [2.05, 4.69) is 22.2 Å². The van der Waals surface area contributed by atoms with Gasteiger partial charge in [-0.1, -0.05) is 0 Å². The lowest BCUT2D eigenvalue weighted by Crippen LogP contribution is -2.14. The number of nitrogens with zero attached hydrogens (tertiary/aromatic N) is 2. The molecule has 0 saturated heterocycles. The Kier molecular flexibility index (Phi) is 2.54. The minimum atomic E-state index is 0.302.